The van der Waals surface area contributed by atoms with E-state index in [0.717, 1.165) is 18.9 Å². The van der Waals surface area contributed by atoms with Gasteiger partial charge in [-0.05, 0) is 37.5 Å². The van der Waals surface area contributed by atoms with E-state index in [1.165, 1.54) is 19.2 Å². The van der Waals surface area contributed by atoms with Gasteiger partial charge in [0.2, 0.25) is 0 Å². The molecule has 1 saturated carbocycles. The number of nitrogens with one attached hydrogen (secondary N) is 3. The van der Waals surface area contributed by atoms with Crippen LogP contribution < -0.4 is 16.2 Å². The van der Waals surface area contributed by atoms with E-state index in [9.17, 15) is 14.0 Å². The Labute approximate surface area is 144 Å². The zero-order valence-corrected chi connectivity index (χ0v) is 13.9. The Morgan fingerprint density at radius 1 is 1.33 bits per heavy atom. The van der Waals surface area contributed by atoms with E-state index in [4.69, 9.17) is 16.3 Å². The summed E-state index contributed by atoms with van der Waals surface area (Å²) in [5, 5.41) is 3.01. The van der Waals surface area contributed by atoms with Gasteiger partial charge < -0.3 is 10.1 Å². The third-order valence-corrected chi connectivity index (χ3v) is 5.03. The quantitative estimate of drug-likeness (QED) is 0.714. The lowest BCUT2D eigenvalue weighted by Crippen LogP contribution is -2.46. The Kier molecular flexibility index (Phi) is 5.03. The Morgan fingerprint density at radius 2 is 2.12 bits per heavy atom. The number of benzene rings is 1. The molecule has 1 aromatic carbocycles. The molecule has 1 amide bonds. The minimum absolute atomic E-state index is 0.0418. The third-order valence-electron chi connectivity index (χ3n) is 4.72. The summed E-state index contributed by atoms with van der Waals surface area (Å²) in [6, 6.07) is 3.37. The number of methoxy groups -OCH3 is 1. The van der Waals surface area contributed by atoms with E-state index in [1.54, 1.807) is 0 Å². The van der Waals surface area contributed by atoms with Crippen LogP contribution in [0.4, 0.5) is 4.39 Å². The van der Waals surface area contributed by atoms with Crippen molar-refractivity contribution in [3.63, 3.8) is 0 Å². The zero-order valence-electron chi connectivity index (χ0n) is 13.1. The van der Waals surface area contributed by atoms with Crippen LogP contribution in [0.2, 0.25) is 5.02 Å². The Balaban J connectivity index is 1.66. The number of esters is 1. The summed E-state index contributed by atoms with van der Waals surface area (Å²) in [7, 11) is 1.36. The molecular weight excluding hydrogens is 337 g/mol. The van der Waals surface area contributed by atoms with Gasteiger partial charge in [-0.1, -0.05) is 11.6 Å². The van der Waals surface area contributed by atoms with Gasteiger partial charge in [0.05, 0.1) is 17.7 Å². The summed E-state index contributed by atoms with van der Waals surface area (Å²) in [6.45, 7) is 0. The molecule has 2 fully saturated rings. The number of carbonyl (C=O) groups excluding carboxylic acids is 2. The van der Waals surface area contributed by atoms with Gasteiger partial charge in [0, 0.05) is 18.0 Å². The highest BCUT2D eigenvalue weighted by Gasteiger charge is 2.44. The zero-order chi connectivity index (χ0) is 17.3. The molecule has 2 aliphatic rings. The van der Waals surface area contributed by atoms with Gasteiger partial charge in [-0.2, -0.15) is 0 Å². The maximum absolute atomic E-state index is 13.1. The van der Waals surface area contributed by atoms with Crippen LogP contribution in [-0.2, 0) is 9.53 Å². The number of hydrogen-bond acceptors (Lipinski definition) is 5. The number of hydrogen-bond donors (Lipinski definition) is 3. The molecule has 1 saturated heterocycles. The summed E-state index contributed by atoms with van der Waals surface area (Å²) in [5.41, 5.74) is 6.33. The number of amides is 1. The summed E-state index contributed by atoms with van der Waals surface area (Å²) in [5.74, 6) is -1.10. The molecule has 1 aliphatic carbocycles. The fraction of sp³-hybridized carbons (Fsp3) is 0.500. The van der Waals surface area contributed by atoms with Crippen LogP contribution in [0.5, 0.6) is 0 Å². The Hall–Kier alpha value is -1.70. The summed E-state index contributed by atoms with van der Waals surface area (Å²) < 4.78 is 17.9. The Morgan fingerprint density at radius 3 is 2.83 bits per heavy atom. The average Bonchev–Trinajstić information content (AvgIpc) is 2.97. The highest BCUT2D eigenvalue weighted by molar-refractivity contribution is 6.33. The van der Waals surface area contributed by atoms with Gasteiger partial charge in [-0.15, -0.1) is 0 Å². The highest BCUT2D eigenvalue weighted by Crippen LogP contribution is 2.31. The predicted molar refractivity (Wildman–Crippen MR) is 85.9 cm³/mol. The number of hydrazine groups is 1. The third kappa shape index (κ3) is 3.38. The molecule has 0 bridgehead atoms. The van der Waals surface area contributed by atoms with Gasteiger partial charge >= 0.3 is 5.97 Å². The average molecular weight is 356 g/mol. The fourth-order valence-electron chi connectivity index (χ4n) is 3.49. The Bertz CT molecular complexity index is 657. The van der Waals surface area contributed by atoms with Gasteiger partial charge in [0.25, 0.3) is 5.91 Å². The lowest BCUT2D eigenvalue weighted by atomic mass is 9.79. The van der Waals surface area contributed by atoms with E-state index in [0.29, 0.717) is 6.42 Å². The van der Waals surface area contributed by atoms with Crippen LogP contribution in [0, 0.1) is 11.7 Å². The van der Waals surface area contributed by atoms with Crippen molar-refractivity contribution in [1.29, 1.82) is 0 Å². The van der Waals surface area contributed by atoms with E-state index in [2.05, 4.69) is 16.2 Å². The van der Waals surface area contributed by atoms with Crippen LogP contribution in [0.25, 0.3) is 0 Å². The number of ether oxygens (including phenoxy) is 1. The number of fused-ring (bicyclic) bond motifs is 1. The molecule has 4 unspecified atom stereocenters. The summed E-state index contributed by atoms with van der Waals surface area (Å²) >= 11 is 5.93. The normalized spacial score (nSPS) is 29.0. The molecule has 8 heteroatoms. The molecular formula is C16H19ClFN3O3. The molecule has 130 valence electrons. The van der Waals surface area contributed by atoms with E-state index in [1.807, 2.05) is 0 Å². The molecule has 1 aliphatic heterocycles. The van der Waals surface area contributed by atoms with Crippen molar-refractivity contribution in [2.75, 3.05) is 7.11 Å². The molecule has 4 atom stereocenters. The molecule has 1 aromatic rings. The minimum Gasteiger partial charge on any atom is -0.468 e. The largest absolute Gasteiger partial charge is 0.468 e. The topological polar surface area (TPSA) is 79.5 Å². The van der Waals surface area contributed by atoms with Crippen LogP contribution in [0.15, 0.2) is 18.2 Å². The van der Waals surface area contributed by atoms with Crippen LogP contribution >= 0.6 is 11.6 Å². The van der Waals surface area contributed by atoms with Crippen LogP contribution in [0.1, 0.15) is 29.6 Å². The second-order valence-corrected chi connectivity index (χ2v) is 6.57. The van der Waals surface area contributed by atoms with Crippen LogP contribution in [-0.4, -0.2) is 37.1 Å². The van der Waals surface area contributed by atoms with Crippen molar-refractivity contribution in [2.45, 2.75) is 37.4 Å². The van der Waals surface area contributed by atoms with Gasteiger partial charge in [-0.25, -0.2) is 9.82 Å². The second-order valence-electron chi connectivity index (χ2n) is 6.17. The molecule has 1 heterocycles. The predicted octanol–water partition coefficient (Wildman–Crippen LogP) is 1.40. The van der Waals surface area contributed by atoms with E-state index < -0.39 is 11.9 Å². The maximum Gasteiger partial charge on any atom is 0.324 e. The van der Waals surface area contributed by atoms with Crippen molar-refractivity contribution in [1.82, 2.24) is 16.2 Å². The molecule has 0 aromatic heterocycles. The number of halogens is 2. The van der Waals surface area contributed by atoms with Crippen molar-refractivity contribution in [3.8, 4) is 0 Å². The first kappa shape index (κ1) is 17.1. The second kappa shape index (κ2) is 7.04. The first-order chi connectivity index (χ1) is 11.5. The van der Waals surface area contributed by atoms with E-state index >= 15 is 0 Å². The number of rotatable bonds is 3. The molecule has 3 N–H and O–H groups in total. The van der Waals surface area contributed by atoms with Crippen molar-refractivity contribution < 1.29 is 18.7 Å². The summed E-state index contributed by atoms with van der Waals surface area (Å²) in [4.78, 5) is 24.2. The lowest BCUT2D eigenvalue weighted by molar-refractivity contribution is -0.144. The van der Waals surface area contributed by atoms with Gasteiger partial charge in [0.15, 0.2) is 0 Å². The van der Waals surface area contributed by atoms with Crippen LogP contribution in [0.3, 0.4) is 0 Å². The van der Waals surface area contributed by atoms with Gasteiger partial charge in [-0.3, -0.25) is 15.0 Å². The molecule has 0 spiro atoms. The van der Waals surface area contributed by atoms with Crippen molar-refractivity contribution >= 4 is 23.5 Å². The van der Waals surface area contributed by atoms with Gasteiger partial charge in [0.1, 0.15) is 11.9 Å². The first-order valence-electron chi connectivity index (χ1n) is 7.84. The first-order valence-corrected chi connectivity index (χ1v) is 8.22. The highest BCUT2D eigenvalue weighted by atomic mass is 35.5. The van der Waals surface area contributed by atoms with Crippen molar-refractivity contribution in [3.05, 3.63) is 34.6 Å². The SMILES string of the molecule is COC(=O)C1NNC2CCC(NC(=O)c3ccc(F)cc3Cl)CC21. The molecule has 24 heavy (non-hydrogen) atoms. The number of carbonyl (C=O) groups is 2. The maximum atomic E-state index is 13.1. The molecule has 3 rings (SSSR count). The smallest absolute Gasteiger partial charge is 0.324 e. The van der Waals surface area contributed by atoms with Crippen molar-refractivity contribution in [2.24, 2.45) is 5.92 Å². The molecule has 0 radical (unpaired) electrons. The van der Waals surface area contributed by atoms with E-state index in [-0.39, 0.29) is 40.5 Å². The molecule has 6 nitrogen and oxygen atoms in total. The lowest BCUT2D eigenvalue weighted by Gasteiger charge is -2.32. The summed E-state index contributed by atoms with van der Waals surface area (Å²) in [6.07, 6.45) is 2.26. The fourth-order valence-corrected chi connectivity index (χ4v) is 3.74. The standard InChI is InChI=1S/C16H19ClFN3O3/c1-24-16(23)14-11-7-9(3-5-13(11)20-21-14)19-15(22)10-4-2-8(18)6-12(10)17/h2,4,6,9,11,13-14,20-21H,3,5,7H2,1H3,(H,19,22). The minimum atomic E-state index is -0.485. The monoisotopic (exact) mass is 355 g/mol.